The molecule has 0 radical (unpaired) electrons. The third-order valence-corrected chi connectivity index (χ3v) is 4.04. The van der Waals surface area contributed by atoms with Crippen molar-refractivity contribution in [2.45, 2.75) is 20.5 Å². The van der Waals surface area contributed by atoms with Crippen molar-refractivity contribution in [2.75, 3.05) is 0 Å². The molecule has 1 aromatic heterocycles. The molecule has 0 aliphatic carbocycles. The van der Waals surface area contributed by atoms with E-state index in [2.05, 4.69) is 4.74 Å². The van der Waals surface area contributed by atoms with Crippen LogP contribution < -0.4 is 9.47 Å². The third-order valence-electron chi connectivity index (χ3n) is 4.04. The molecule has 3 rings (SSSR count). The molecule has 0 fully saturated rings. The van der Waals surface area contributed by atoms with Gasteiger partial charge in [0.05, 0.1) is 0 Å². The second-order valence-electron chi connectivity index (χ2n) is 5.96. The number of carbonyl (C=O) groups excluding carboxylic acids is 1. The molecular weight excluding hydrogens is 348 g/mol. The predicted octanol–water partition coefficient (Wildman–Crippen LogP) is 5.09. The molecule has 0 bridgehead atoms. The number of aryl methyl sites for hydroxylation is 1. The van der Waals surface area contributed by atoms with Gasteiger partial charge in [0.15, 0.2) is 5.78 Å². The minimum absolute atomic E-state index is 0.0264. The van der Waals surface area contributed by atoms with E-state index in [1.165, 1.54) is 6.07 Å². The first-order valence-corrected chi connectivity index (χ1v) is 8.26. The molecule has 138 valence electrons. The lowest BCUT2D eigenvalue weighted by atomic mass is 10.0. The van der Waals surface area contributed by atoms with Gasteiger partial charge in [-0.2, -0.15) is 0 Å². The molecule has 0 aliphatic rings. The van der Waals surface area contributed by atoms with Crippen molar-refractivity contribution in [1.82, 2.24) is 0 Å². The minimum Gasteiger partial charge on any atom is -0.489 e. The smallest absolute Gasteiger partial charge is 0.489 e. The SMILES string of the molecule is CC(=O)c1cccc(-c2ccc(OCc3cc(OC(=O)O)oc3C)cc2)c1. The summed E-state index contributed by atoms with van der Waals surface area (Å²) in [5, 5.41) is 8.61. The van der Waals surface area contributed by atoms with Crippen molar-refractivity contribution in [1.29, 1.82) is 0 Å². The molecule has 6 heteroatoms. The van der Waals surface area contributed by atoms with Crippen molar-refractivity contribution in [3.63, 3.8) is 0 Å². The number of carboxylic acid groups (broad SMARTS) is 1. The van der Waals surface area contributed by atoms with Gasteiger partial charge in [0, 0.05) is 17.2 Å². The summed E-state index contributed by atoms with van der Waals surface area (Å²) < 4.78 is 15.4. The van der Waals surface area contributed by atoms with Gasteiger partial charge >= 0.3 is 6.16 Å². The van der Waals surface area contributed by atoms with Crippen LogP contribution in [0.1, 0.15) is 28.6 Å². The Morgan fingerprint density at radius 1 is 1.04 bits per heavy atom. The fourth-order valence-corrected chi connectivity index (χ4v) is 2.59. The van der Waals surface area contributed by atoms with E-state index in [4.69, 9.17) is 14.3 Å². The molecule has 0 unspecified atom stereocenters. The van der Waals surface area contributed by atoms with Gasteiger partial charge in [-0.25, -0.2) is 4.79 Å². The van der Waals surface area contributed by atoms with Crippen LogP contribution in [0.25, 0.3) is 11.1 Å². The quantitative estimate of drug-likeness (QED) is 0.483. The average molecular weight is 366 g/mol. The van der Waals surface area contributed by atoms with Crippen molar-refractivity contribution >= 4 is 11.9 Å². The molecule has 0 atom stereocenters. The van der Waals surface area contributed by atoms with Gasteiger partial charge in [0.1, 0.15) is 18.1 Å². The van der Waals surface area contributed by atoms with Crippen molar-refractivity contribution in [3.8, 4) is 22.8 Å². The highest BCUT2D eigenvalue weighted by atomic mass is 16.7. The Labute approximate surface area is 156 Å². The minimum atomic E-state index is -1.43. The first-order valence-electron chi connectivity index (χ1n) is 8.26. The zero-order valence-corrected chi connectivity index (χ0v) is 14.9. The van der Waals surface area contributed by atoms with Crippen LogP contribution in [0.15, 0.2) is 59.0 Å². The summed E-state index contributed by atoms with van der Waals surface area (Å²) >= 11 is 0. The van der Waals surface area contributed by atoms with Crippen molar-refractivity contribution in [2.24, 2.45) is 0 Å². The summed E-state index contributed by atoms with van der Waals surface area (Å²) in [6.07, 6.45) is -1.43. The zero-order chi connectivity index (χ0) is 19.4. The predicted molar refractivity (Wildman–Crippen MR) is 98.3 cm³/mol. The second-order valence-corrected chi connectivity index (χ2v) is 5.96. The number of furan rings is 1. The van der Waals surface area contributed by atoms with Crippen molar-refractivity contribution in [3.05, 3.63) is 71.5 Å². The molecular formula is C21H18O6. The van der Waals surface area contributed by atoms with E-state index in [9.17, 15) is 9.59 Å². The molecule has 3 aromatic rings. The summed E-state index contributed by atoms with van der Waals surface area (Å²) in [7, 11) is 0. The van der Waals surface area contributed by atoms with Crippen LogP contribution in [0, 0.1) is 6.92 Å². The van der Waals surface area contributed by atoms with Gasteiger partial charge in [-0.3, -0.25) is 4.79 Å². The fourth-order valence-electron chi connectivity index (χ4n) is 2.59. The zero-order valence-electron chi connectivity index (χ0n) is 14.9. The molecule has 2 aromatic carbocycles. The highest BCUT2D eigenvalue weighted by Crippen LogP contribution is 2.26. The van der Waals surface area contributed by atoms with E-state index in [0.717, 1.165) is 11.1 Å². The van der Waals surface area contributed by atoms with E-state index in [-0.39, 0.29) is 18.3 Å². The average Bonchev–Trinajstić information content (AvgIpc) is 2.99. The molecule has 6 nitrogen and oxygen atoms in total. The monoisotopic (exact) mass is 366 g/mol. The summed E-state index contributed by atoms with van der Waals surface area (Å²) in [4.78, 5) is 22.1. The lowest BCUT2D eigenvalue weighted by Crippen LogP contribution is -2.01. The summed E-state index contributed by atoms with van der Waals surface area (Å²) in [6, 6.07) is 16.4. The van der Waals surface area contributed by atoms with Crippen LogP contribution in [0.5, 0.6) is 11.7 Å². The maximum atomic E-state index is 11.5. The highest BCUT2D eigenvalue weighted by Gasteiger charge is 2.12. The summed E-state index contributed by atoms with van der Waals surface area (Å²) in [6.45, 7) is 3.47. The lowest BCUT2D eigenvalue weighted by Gasteiger charge is -2.07. The topological polar surface area (TPSA) is 86.0 Å². The van der Waals surface area contributed by atoms with Crippen LogP contribution in [0.4, 0.5) is 4.79 Å². The van der Waals surface area contributed by atoms with Gasteiger partial charge in [-0.15, -0.1) is 0 Å². The van der Waals surface area contributed by atoms with E-state index in [1.54, 1.807) is 19.9 Å². The van der Waals surface area contributed by atoms with E-state index in [1.807, 2.05) is 42.5 Å². The van der Waals surface area contributed by atoms with Gasteiger partial charge in [-0.05, 0) is 43.2 Å². The Kier molecular flexibility index (Phi) is 5.26. The van der Waals surface area contributed by atoms with Crippen LogP contribution in [0.3, 0.4) is 0 Å². The van der Waals surface area contributed by atoms with Gasteiger partial charge in [0.2, 0.25) is 0 Å². The molecule has 0 aliphatic heterocycles. The van der Waals surface area contributed by atoms with E-state index >= 15 is 0 Å². The fraction of sp³-hybridized carbons (Fsp3) is 0.143. The molecule has 1 N–H and O–H groups in total. The Hall–Kier alpha value is -3.54. The standard InChI is InChI=1S/C21H18O6/c1-13(22)16-4-3-5-17(10-16)15-6-8-19(9-7-15)25-12-18-11-20(26-14(18)2)27-21(23)24/h3-11H,12H2,1-2H3,(H,23,24). The van der Waals surface area contributed by atoms with Gasteiger partial charge in [-0.1, -0.05) is 30.3 Å². The lowest BCUT2D eigenvalue weighted by molar-refractivity contribution is 0.101. The summed E-state index contributed by atoms with van der Waals surface area (Å²) in [5.41, 5.74) is 3.30. The second kappa shape index (κ2) is 7.78. The number of benzene rings is 2. The maximum Gasteiger partial charge on any atom is 0.513 e. The van der Waals surface area contributed by atoms with Crippen LogP contribution in [0.2, 0.25) is 0 Å². The molecule has 0 amide bonds. The number of hydrogen-bond acceptors (Lipinski definition) is 5. The van der Waals surface area contributed by atoms with Crippen LogP contribution in [-0.2, 0) is 6.61 Å². The Morgan fingerprint density at radius 3 is 2.44 bits per heavy atom. The van der Waals surface area contributed by atoms with Crippen LogP contribution >= 0.6 is 0 Å². The maximum absolute atomic E-state index is 11.5. The number of ether oxygens (including phenoxy) is 2. The Bertz CT molecular complexity index is 969. The number of hydrogen-bond donors (Lipinski definition) is 1. The largest absolute Gasteiger partial charge is 0.513 e. The molecule has 0 saturated carbocycles. The number of rotatable bonds is 6. The molecule has 0 saturated heterocycles. The molecule has 0 spiro atoms. The normalized spacial score (nSPS) is 10.4. The molecule has 27 heavy (non-hydrogen) atoms. The highest BCUT2D eigenvalue weighted by molar-refractivity contribution is 5.95. The van der Waals surface area contributed by atoms with Gasteiger partial charge in [0.25, 0.3) is 5.95 Å². The Morgan fingerprint density at radius 2 is 1.78 bits per heavy atom. The van der Waals surface area contributed by atoms with Crippen molar-refractivity contribution < 1.29 is 28.6 Å². The van der Waals surface area contributed by atoms with E-state index in [0.29, 0.717) is 22.6 Å². The Balaban J connectivity index is 1.68. The number of ketones is 1. The molecule has 1 heterocycles. The first kappa shape index (κ1) is 18.3. The third kappa shape index (κ3) is 4.55. The number of carbonyl (C=O) groups is 2. The van der Waals surface area contributed by atoms with Crippen LogP contribution in [-0.4, -0.2) is 17.0 Å². The van der Waals surface area contributed by atoms with E-state index < -0.39 is 6.16 Å². The first-order chi connectivity index (χ1) is 12.9. The number of Topliss-reactive ketones (excluding diaryl/α,β-unsaturated/α-hetero) is 1. The van der Waals surface area contributed by atoms with Gasteiger partial charge < -0.3 is 19.0 Å². The summed E-state index contributed by atoms with van der Waals surface area (Å²) in [5.74, 6) is 1.13.